The molecule has 1 saturated carbocycles. The van der Waals surface area contributed by atoms with E-state index in [4.69, 9.17) is 4.74 Å². The average Bonchev–Trinajstić information content (AvgIpc) is 3.54. The predicted molar refractivity (Wildman–Crippen MR) is 137 cm³/mol. The summed E-state index contributed by atoms with van der Waals surface area (Å²) < 4.78 is 5.63. The number of nitrogens with one attached hydrogen (secondary N) is 3. The molecular formula is C29H39N3O2. The van der Waals surface area contributed by atoms with E-state index in [2.05, 4.69) is 53.2 Å². The lowest BCUT2D eigenvalue weighted by atomic mass is 9.94. The zero-order valence-corrected chi connectivity index (χ0v) is 20.4. The normalized spacial score (nSPS) is 23.3. The molecule has 1 saturated heterocycles. The van der Waals surface area contributed by atoms with Gasteiger partial charge in [0.15, 0.2) is 0 Å². The molecule has 5 nitrogen and oxygen atoms in total. The fraction of sp³-hybridized carbons (Fsp3) is 0.552. The second-order valence-electron chi connectivity index (χ2n) is 10.4. The highest BCUT2D eigenvalue weighted by Crippen LogP contribution is 2.39. The van der Waals surface area contributed by atoms with Crippen LogP contribution in [0.4, 0.5) is 0 Å². The molecule has 182 valence electrons. The molecular weight excluding hydrogens is 422 g/mol. The molecule has 2 aromatic rings. The Hall–Kier alpha value is -2.37. The highest BCUT2D eigenvalue weighted by molar-refractivity contribution is 5.94. The van der Waals surface area contributed by atoms with Crippen molar-refractivity contribution in [2.75, 3.05) is 26.2 Å². The minimum atomic E-state index is 0.0684. The summed E-state index contributed by atoms with van der Waals surface area (Å²) in [5.41, 5.74) is 4.88. The number of rotatable bonds is 8. The minimum absolute atomic E-state index is 0.0684. The molecule has 5 rings (SSSR count). The highest BCUT2D eigenvalue weighted by Gasteiger charge is 2.26. The second-order valence-corrected chi connectivity index (χ2v) is 10.4. The van der Waals surface area contributed by atoms with Crippen LogP contribution in [0.3, 0.4) is 0 Å². The van der Waals surface area contributed by atoms with Crippen molar-refractivity contribution in [3.05, 3.63) is 64.7 Å². The summed E-state index contributed by atoms with van der Waals surface area (Å²) in [7, 11) is 0. The number of hydrogen-bond acceptors (Lipinski definition) is 4. The first-order valence-corrected chi connectivity index (χ1v) is 13.3. The van der Waals surface area contributed by atoms with Crippen LogP contribution in [0.5, 0.6) is 5.75 Å². The summed E-state index contributed by atoms with van der Waals surface area (Å²) in [5.74, 6) is 2.53. The number of hydrogen-bond donors (Lipinski definition) is 3. The summed E-state index contributed by atoms with van der Waals surface area (Å²) >= 11 is 0. The van der Waals surface area contributed by atoms with Crippen molar-refractivity contribution in [1.82, 2.24) is 16.0 Å². The molecule has 3 atom stereocenters. The van der Waals surface area contributed by atoms with E-state index in [1.165, 1.54) is 42.4 Å². The summed E-state index contributed by atoms with van der Waals surface area (Å²) in [6, 6.07) is 15.7. The van der Waals surface area contributed by atoms with Crippen LogP contribution in [-0.2, 0) is 6.42 Å². The fourth-order valence-electron chi connectivity index (χ4n) is 5.88. The molecule has 3 unspecified atom stereocenters. The quantitative estimate of drug-likeness (QED) is 0.532. The van der Waals surface area contributed by atoms with Crippen LogP contribution < -0.4 is 20.7 Å². The van der Waals surface area contributed by atoms with E-state index in [-0.39, 0.29) is 5.91 Å². The highest BCUT2D eigenvalue weighted by atomic mass is 16.5. The Bertz CT molecular complexity index is 968. The summed E-state index contributed by atoms with van der Waals surface area (Å²) in [5, 5.41) is 10.3. The number of fused-ring (bicyclic) bond motifs is 1. The maximum Gasteiger partial charge on any atom is 0.251 e. The molecule has 1 aliphatic carbocycles. The van der Waals surface area contributed by atoms with Gasteiger partial charge in [-0.05, 0) is 112 Å². The predicted octanol–water partition coefficient (Wildman–Crippen LogP) is 4.73. The first-order valence-electron chi connectivity index (χ1n) is 13.3. The van der Waals surface area contributed by atoms with E-state index in [0.717, 1.165) is 62.7 Å². The third-order valence-electron chi connectivity index (χ3n) is 8.08. The van der Waals surface area contributed by atoms with Gasteiger partial charge in [-0.25, -0.2) is 0 Å². The van der Waals surface area contributed by atoms with Gasteiger partial charge in [0.2, 0.25) is 0 Å². The van der Waals surface area contributed by atoms with E-state index in [1.54, 1.807) is 0 Å². The molecule has 2 heterocycles. The Kier molecular flexibility index (Phi) is 7.51. The Balaban J connectivity index is 1.06. The second kappa shape index (κ2) is 10.9. The van der Waals surface area contributed by atoms with Crippen LogP contribution in [-0.4, -0.2) is 38.2 Å². The lowest BCUT2D eigenvalue weighted by molar-refractivity contribution is 0.0929. The van der Waals surface area contributed by atoms with Gasteiger partial charge in [0, 0.05) is 24.1 Å². The number of carbonyl (C=O) groups is 1. The van der Waals surface area contributed by atoms with Crippen molar-refractivity contribution in [2.24, 2.45) is 5.92 Å². The standard InChI is InChI=1S/C29H39N3O2/c1-20(24-8-9-28-26(19-24)13-17-34-28)31-16-10-21-2-3-25(18-21)22-4-6-23(7-5-22)29(33)32-27-11-14-30-15-12-27/h4-9,19-21,25,27,30-31H,2-3,10-18H2,1H3,(H,32,33). The summed E-state index contributed by atoms with van der Waals surface area (Å²) in [4.78, 5) is 12.6. The van der Waals surface area contributed by atoms with Crippen LogP contribution >= 0.6 is 0 Å². The van der Waals surface area contributed by atoms with Gasteiger partial charge in [0.1, 0.15) is 5.75 Å². The fourth-order valence-corrected chi connectivity index (χ4v) is 5.88. The van der Waals surface area contributed by atoms with E-state index in [9.17, 15) is 4.79 Å². The van der Waals surface area contributed by atoms with Gasteiger partial charge in [0.25, 0.3) is 5.91 Å². The third-order valence-corrected chi connectivity index (χ3v) is 8.08. The van der Waals surface area contributed by atoms with Crippen molar-refractivity contribution in [3.8, 4) is 5.75 Å². The van der Waals surface area contributed by atoms with Gasteiger partial charge in [-0.1, -0.05) is 24.3 Å². The number of amides is 1. The summed E-state index contributed by atoms with van der Waals surface area (Å²) in [6.45, 7) is 6.12. The van der Waals surface area contributed by atoms with E-state index in [0.29, 0.717) is 18.0 Å². The van der Waals surface area contributed by atoms with Crippen LogP contribution in [0.2, 0.25) is 0 Å². The van der Waals surface area contributed by atoms with Gasteiger partial charge in [0.05, 0.1) is 6.61 Å². The molecule has 2 aliphatic heterocycles. The van der Waals surface area contributed by atoms with Crippen LogP contribution in [0.15, 0.2) is 42.5 Å². The largest absolute Gasteiger partial charge is 0.493 e. The van der Waals surface area contributed by atoms with Gasteiger partial charge < -0.3 is 20.7 Å². The van der Waals surface area contributed by atoms with Gasteiger partial charge in [-0.2, -0.15) is 0 Å². The minimum Gasteiger partial charge on any atom is -0.493 e. The van der Waals surface area contributed by atoms with E-state index < -0.39 is 0 Å². The molecule has 5 heteroatoms. The van der Waals surface area contributed by atoms with Crippen molar-refractivity contribution in [1.29, 1.82) is 0 Å². The van der Waals surface area contributed by atoms with Crippen molar-refractivity contribution < 1.29 is 9.53 Å². The zero-order chi connectivity index (χ0) is 23.3. The maximum atomic E-state index is 12.6. The molecule has 2 fully saturated rings. The SMILES string of the molecule is CC(NCCC1CCC(c2ccc(C(=O)NC3CCNCC3)cc2)C1)c1ccc2c(c1)CCO2. The Morgan fingerprint density at radius 3 is 2.74 bits per heavy atom. The van der Waals surface area contributed by atoms with Gasteiger partial charge in [-0.3, -0.25) is 4.79 Å². The van der Waals surface area contributed by atoms with Crippen molar-refractivity contribution >= 4 is 5.91 Å². The smallest absolute Gasteiger partial charge is 0.251 e. The maximum absolute atomic E-state index is 12.6. The number of ether oxygens (including phenoxy) is 1. The molecule has 3 N–H and O–H groups in total. The Labute approximate surface area is 204 Å². The average molecular weight is 462 g/mol. The number of benzene rings is 2. The lowest BCUT2D eigenvalue weighted by Gasteiger charge is -2.23. The van der Waals surface area contributed by atoms with Crippen molar-refractivity contribution in [3.63, 3.8) is 0 Å². The molecule has 2 aromatic carbocycles. The van der Waals surface area contributed by atoms with Crippen LogP contribution in [0, 0.1) is 5.92 Å². The molecule has 1 amide bonds. The van der Waals surface area contributed by atoms with E-state index >= 15 is 0 Å². The first-order chi connectivity index (χ1) is 16.7. The molecule has 3 aliphatic rings. The van der Waals surface area contributed by atoms with Crippen LogP contribution in [0.1, 0.15) is 84.5 Å². The topological polar surface area (TPSA) is 62.4 Å². The molecule has 0 spiro atoms. The third kappa shape index (κ3) is 5.64. The zero-order valence-electron chi connectivity index (χ0n) is 20.4. The van der Waals surface area contributed by atoms with Gasteiger partial charge >= 0.3 is 0 Å². The molecule has 0 radical (unpaired) electrons. The Morgan fingerprint density at radius 2 is 1.91 bits per heavy atom. The first kappa shape index (κ1) is 23.4. The van der Waals surface area contributed by atoms with E-state index in [1.807, 2.05) is 12.1 Å². The number of carbonyl (C=O) groups excluding carboxylic acids is 1. The molecule has 0 aromatic heterocycles. The summed E-state index contributed by atoms with van der Waals surface area (Å²) in [6.07, 6.45) is 8.11. The Morgan fingerprint density at radius 1 is 1.09 bits per heavy atom. The number of piperidine rings is 1. The monoisotopic (exact) mass is 461 g/mol. The lowest BCUT2D eigenvalue weighted by Crippen LogP contribution is -2.42. The van der Waals surface area contributed by atoms with Gasteiger partial charge in [-0.15, -0.1) is 0 Å². The molecule has 34 heavy (non-hydrogen) atoms. The molecule has 0 bridgehead atoms. The van der Waals surface area contributed by atoms with Crippen LogP contribution in [0.25, 0.3) is 0 Å². The van der Waals surface area contributed by atoms with Crippen molar-refractivity contribution in [2.45, 2.75) is 69.9 Å².